The minimum atomic E-state index is 0.124. The molecular formula is C22H37BrO9. The molecule has 0 unspecified atom stereocenters. The smallest absolute Gasteiger partial charge is 0.161 e. The fraction of sp³-hybridized carbons (Fsp3) is 0.727. The number of benzene rings is 1. The number of phenols is 1. The Hall–Kier alpha value is -0.980. The molecule has 0 radical (unpaired) electrons. The summed E-state index contributed by atoms with van der Waals surface area (Å²) >= 11 is 3.29. The molecule has 0 saturated heterocycles. The van der Waals surface area contributed by atoms with Gasteiger partial charge in [0.25, 0.3) is 0 Å². The number of para-hydroxylation sites is 2. The Morgan fingerprint density at radius 1 is 0.500 bits per heavy atom. The average Bonchev–Trinajstić information content (AvgIpc) is 2.80. The highest BCUT2D eigenvalue weighted by molar-refractivity contribution is 9.09. The molecule has 0 atom stereocenters. The molecule has 1 aromatic rings. The SMILES string of the molecule is Oc1ccccc1OCCOCCOCCOCCOCCOCCOCCOCCBr. The summed E-state index contributed by atoms with van der Waals surface area (Å²) in [6.07, 6.45) is 0. The first-order valence-corrected chi connectivity index (χ1v) is 12.0. The van der Waals surface area contributed by atoms with E-state index in [9.17, 15) is 5.11 Å². The second-order valence-electron chi connectivity index (χ2n) is 6.29. The fourth-order valence-electron chi connectivity index (χ4n) is 2.27. The van der Waals surface area contributed by atoms with Gasteiger partial charge in [-0.25, -0.2) is 0 Å². The highest BCUT2D eigenvalue weighted by atomic mass is 79.9. The van der Waals surface area contributed by atoms with E-state index in [1.54, 1.807) is 24.3 Å². The standard InChI is InChI=1S/C22H37BrO9/c23-5-6-25-7-8-26-9-10-27-11-12-28-13-14-29-15-16-30-17-18-31-19-20-32-22-4-2-1-3-21(22)24/h1-4,24H,5-20H2. The van der Waals surface area contributed by atoms with Gasteiger partial charge in [-0.05, 0) is 12.1 Å². The third kappa shape index (κ3) is 18.6. The summed E-state index contributed by atoms with van der Waals surface area (Å²) in [6, 6.07) is 6.83. The quantitative estimate of drug-likeness (QED) is 0.161. The lowest BCUT2D eigenvalue weighted by Gasteiger charge is -2.09. The lowest BCUT2D eigenvalue weighted by Crippen LogP contribution is -2.15. The molecular weight excluding hydrogens is 488 g/mol. The number of hydrogen-bond donors (Lipinski definition) is 1. The zero-order valence-corrected chi connectivity index (χ0v) is 20.3. The lowest BCUT2D eigenvalue weighted by molar-refractivity contribution is -0.0208. The minimum absolute atomic E-state index is 0.124. The van der Waals surface area contributed by atoms with Crippen LogP contribution in [0.1, 0.15) is 0 Å². The van der Waals surface area contributed by atoms with Crippen LogP contribution < -0.4 is 4.74 Å². The molecule has 10 heteroatoms. The van der Waals surface area contributed by atoms with Gasteiger partial charge in [-0.2, -0.15) is 0 Å². The van der Waals surface area contributed by atoms with Gasteiger partial charge in [0.15, 0.2) is 11.5 Å². The Morgan fingerprint density at radius 3 is 1.22 bits per heavy atom. The molecule has 0 aliphatic heterocycles. The van der Waals surface area contributed by atoms with Gasteiger partial charge in [-0.15, -0.1) is 0 Å². The second-order valence-corrected chi connectivity index (χ2v) is 7.08. The first kappa shape index (κ1) is 29.1. The molecule has 1 aromatic carbocycles. The largest absolute Gasteiger partial charge is 0.504 e. The molecule has 0 aliphatic rings. The van der Waals surface area contributed by atoms with Gasteiger partial charge in [0, 0.05) is 5.33 Å². The molecule has 0 fully saturated rings. The molecule has 186 valence electrons. The van der Waals surface area contributed by atoms with E-state index >= 15 is 0 Å². The zero-order valence-electron chi connectivity index (χ0n) is 18.7. The van der Waals surface area contributed by atoms with Crippen LogP contribution in [0.5, 0.6) is 11.5 Å². The van der Waals surface area contributed by atoms with Gasteiger partial charge in [-0.1, -0.05) is 28.1 Å². The fourth-order valence-corrected chi connectivity index (χ4v) is 2.49. The van der Waals surface area contributed by atoms with Gasteiger partial charge in [0.05, 0.1) is 92.5 Å². The maximum absolute atomic E-state index is 9.57. The average molecular weight is 525 g/mol. The van der Waals surface area contributed by atoms with Crippen molar-refractivity contribution in [3.05, 3.63) is 24.3 Å². The van der Waals surface area contributed by atoms with E-state index in [1.807, 2.05) is 0 Å². The Labute approximate surface area is 199 Å². The van der Waals surface area contributed by atoms with E-state index < -0.39 is 0 Å². The number of hydrogen-bond acceptors (Lipinski definition) is 9. The monoisotopic (exact) mass is 524 g/mol. The molecule has 9 nitrogen and oxygen atoms in total. The normalized spacial score (nSPS) is 11.2. The zero-order chi connectivity index (χ0) is 23.0. The highest BCUT2D eigenvalue weighted by Crippen LogP contribution is 2.23. The lowest BCUT2D eigenvalue weighted by atomic mass is 10.3. The summed E-state index contributed by atoms with van der Waals surface area (Å²) in [4.78, 5) is 0. The molecule has 1 rings (SSSR count). The Morgan fingerprint density at radius 2 is 0.844 bits per heavy atom. The van der Waals surface area contributed by atoms with Crippen LogP contribution in [0.15, 0.2) is 24.3 Å². The molecule has 0 heterocycles. The molecule has 0 aromatic heterocycles. The topological polar surface area (TPSA) is 94.1 Å². The van der Waals surface area contributed by atoms with Crippen molar-refractivity contribution in [3.8, 4) is 11.5 Å². The molecule has 0 aliphatic carbocycles. The molecule has 0 bridgehead atoms. The van der Waals surface area contributed by atoms with E-state index in [1.165, 1.54) is 0 Å². The number of halogens is 1. The van der Waals surface area contributed by atoms with Gasteiger partial charge < -0.3 is 43.0 Å². The number of phenolic OH excluding ortho intramolecular Hbond substituents is 1. The van der Waals surface area contributed by atoms with Gasteiger partial charge >= 0.3 is 0 Å². The van der Waals surface area contributed by atoms with Crippen molar-refractivity contribution >= 4 is 15.9 Å². The van der Waals surface area contributed by atoms with Crippen LogP contribution in [-0.2, 0) is 33.2 Å². The van der Waals surface area contributed by atoms with Crippen LogP contribution in [0.2, 0.25) is 0 Å². The molecule has 0 spiro atoms. The summed E-state index contributed by atoms with van der Waals surface area (Å²) in [7, 11) is 0. The van der Waals surface area contributed by atoms with E-state index in [2.05, 4.69) is 15.9 Å². The first-order valence-electron chi connectivity index (χ1n) is 10.9. The maximum atomic E-state index is 9.57. The second kappa shape index (κ2) is 23.2. The van der Waals surface area contributed by atoms with E-state index in [0.717, 1.165) is 5.33 Å². The van der Waals surface area contributed by atoms with Crippen molar-refractivity contribution in [2.24, 2.45) is 0 Å². The number of aromatic hydroxyl groups is 1. The summed E-state index contributed by atoms with van der Waals surface area (Å²) in [5, 5.41) is 10.4. The van der Waals surface area contributed by atoms with E-state index in [-0.39, 0.29) is 5.75 Å². The Kier molecular flexibility index (Phi) is 21.1. The van der Waals surface area contributed by atoms with Crippen molar-refractivity contribution in [1.29, 1.82) is 0 Å². The van der Waals surface area contributed by atoms with E-state index in [4.69, 9.17) is 37.9 Å². The van der Waals surface area contributed by atoms with Crippen LogP contribution in [0.25, 0.3) is 0 Å². The Balaban J connectivity index is 1.68. The number of ether oxygens (including phenoxy) is 8. The van der Waals surface area contributed by atoms with Gasteiger partial charge in [0.2, 0.25) is 0 Å². The minimum Gasteiger partial charge on any atom is -0.504 e. The van der Waals surface area contributed by atoms with Crippen molar-refractivity contribution in [3.63, 3.8) is 0 Å². The van der Waals surface area contributed by atoms with Crippen LogP contribution in [0, 0.1) is 0 Å². The van der Waals surface area contributed by atoms with Crippen molar-refractivity contribution in [1.82, 2.24) is 0 Å². The van der Waals surface area contributed by atoms with E-state index in [0.29, 0.717) is 105 Å². The molecule has 0 saturated carbocycles. The van der Waals surface area contributed by atoms with Crippen LogP contribution in [0.3, 0.4) is 0 Å². The number of rotatable bonds is 24. The third-order valence-electron chi connectivity index (χ3n) is 3.80. The van der Waals surface area contributed by atoms with Crippen LogP contribution >= 0.6 is 15.9 Å². The Bertz CT molecular complexity index is 522. The summed E-state index contributed by atoms with van der Waals surface area (Å²) < 4.78 is 43.1. The molecule has 32 heavy (non-hydrogen) atoms. The highest BCUT2D eigenvalue weighted by Gasteiger charge is 1.99. The van der Waals surface area contributed by atoms with Gasteiger partial charge in [0.1, 0.15) is 6.61 Å². The predicted molar refractivity (Wildman–Crippen MR) is 123 cm³/mol. The van der Waals surface area contributed by atoms with Crippen LogP contribution in [0.4, 0.5) is 0 Å². The van der Waals surface area contributed by atoms with Crippen molar-refractivity contribution in [2.45, 2.75) is 0 Å². The summed E-state index contributed by atoms with van der Waals surface area (Å²) in [5.41, 5.74) is 0. The van der Waals surface area contributed by atoms with Crippen molar-refractivity contribution in [2.75, 3.05) is 104 Å². The van der Waals surface area contributed by atoms with Crippen molar-refractivity contribution < 1.29 is 43.0 Å². The predicted octanol–water partition coefficient (Wildman–Crippen LogP) is 2.28. The number of alkyl halides is 1. The van der Waals surface area contributed by atoms with Gasteiger partial charge in [-0.3, -0.25) is 0 Å². The summed E-state index contributed by atoms with van der Waals surface area (Å²) in [6.45, 7) is 7.83. The maximum Gasteiger partial charge on any atom is 0.161 e. The first-order chi connectivity index (χ1) is 15.8. The third-order valence-corrected chi connectivity index (χ3v) is 4.13. The molecule has 0 amide bonds. The molecule has 1 N–H and O–H groups in total. The van der Waals surface area contributed by atoms with Crippen LogP contribution in [-0.4, -0.2) is 110 Å². The summed E-state index contributed by atoms with van der Waals surface area (Å²) in [5.74, 6) is 0.576.